The van der Waals surface area contributed by atoms with Crippen LogP contribution in [0.1, 0.15) is 36.2 Å². The minimum Gasteiger partial charge on any atom is -0.459 e. The number of pyridine rings is 1. The average Bonchev–Trinajstić information content (AvgIpc) is 3.58. The van der Waals surface area contributed by atoms with Gasteiger partial charge in [0.25, 0.3) is 5.91 Å². The Hall–Kier alpha value is -3.52. The van der Waals surface area contributed by atoms with Gasteiger partial charge in [-0.1, -0.05) is 12.8 Å². The van der Waals surface area contributed by atoms with Crippen LogP contribution in [0.25, 0.3) is 21.5 Å². The molecule has 1 aliphatic heterocycles. The van der Waals surface area contributed by atoms with Crippen molar-refractivity contribution in [2.24, 2.45) is 11.5 Å². The van der Waals surface area contributed by atoms with Crippen molar-refractivity contribution in [3.63, 3.8) is 0 Å². The van der Waals surface area contributed by atoms with Crippen molar-refractivity contribution in [1.29, 1.82) is 0 Å². The van der Waals surface area contributed by atoms with E-state index in [0.717, 1.165) is 59.7 Å². The molecule has 0 spiro atoms. The number of nitrogens with zero attached hydrogens (tertiary/aromatic N) is 3. The van der Waals surface area contributed by atoms with E-state index in [9.17, 15) is 9.59 Å². The lowest BCUT2D eigenvalue weighted by Gasteiger charge is -2.30. The topological polar surface area (TPSA) is 162 Å². The summed E-state index contributed by atoms with van der Waals surface area (Å²) in [7, 11) is 0. The number of fused-ring (bicyclic) bond motifs is 1. The second kappa shape index (κ2) is 10.9. The second-order valence-corrected chi connectivity index (χ2v) is 11.6. The van der Waals surface area contributed by atoms with Crippen molar-refractivity contribution >= 4 is 60.4 Å². The molecule has 1 saturated carbocycles. The van der Waals surface area contributed by atoms with Crippen LogP contribution >= 0.6 is 22.9 Å². The Morgan fingerprint density at radius 3 is 2.77 bits per heavy atom. The molecule has 0 bridgehead atoms. The monoisotopic (exact) mass is 567 g/mol. The number of primary amides is 1. The highest BCUT2D eigenvalue weighted by atomic mass is 32.1. The first-order valence-corrected chi connectivity index (χ1v) is 14.5. The lowest BCUT2D eigenvalue weighted by molar-refractivity contribution is 0.0996. The molecule has 0 unspecified atom stereocenters. The number of rotatable bonds is 7. The molecule has 6 N–H and O–H groups in total. The van der Waals surface area contributed by atoms with Crippen LogP contribution in [0.2, 0.25) is 0 Å². The molecular formula is C26H29N7O4S2. The molecule has 0 radical (unpaired) electrons. The number of anilines is 4. The Balaban J connectivity index is 1.28. The lowest BCUT2D eigenvalue weighted by Crippen LogP contribution is -2.42. The summed E-state index contributed by atoms with van der Waals surface area (Å²) >= 11 is 2.73. The molecule has 39 heavy (non-hydrogen) atoms. The van der Waals surface area contributed by atoms with E-state index in [1.54, 1.807) is 18.5 Å². The van der Waals surface area contributed by atoms with E-state index < -0.39 is 5.91 Å². The normalized spacial score (nSPS) is 19.8. The van der Waals surface area contributed by atoms with Crippen molar-refractivity contribution < 1.29 is 13.9 Å². The molecule has 6 rings (SSSR count). The van der Waals surface area contributed by atoms with E-state index in [0.29, 0.717) is 35.2 Å². The molecule has 1 amide bonds. The van der Waals surface area contributed by atoms with Crippen LogP contribution in [0.4, 0.5) is 21.4 Å². The Kier molecular flexibility index (Phi) is 7.21. The number of amides is 1. The van der Waals surface area contributed by atoms with Crippen LogP contribution in [0, 0.1) is 0 Å². The number of furan rings is 1. The van der Waals surface area contributed by atoms with Crippen molar-refractivity contribution in [2.45, 2.75) is 37.8 Å². The maximum Gasteiger partial charge on any atom is 0.269 e. The Morgan fingerprint density at radius 1 is 1.15 bits per heavy atom. The van der Waals surface area contributed by atoms with Gasteiger partial charge in [0.05, 0.1) is 51.7 Å². The first-order valence-electron chi connectivity index (χ1n) is 12.9. The van der Waals surface area contributed by atoms with E-state index in [2.05, 4.69) is 24.9 Å². The highest BCUT2D eigenvalue weighted by molar-refractivity contribution is 7.22. The molecule has 204 valence electrons. The maximum absolute atomic E-state index is 12.8. The van der Waals surface area contributed by atoms with Crippen LogP contribution in [0.5, 0.6) is 0 Å². The van der Waals surface area contributed by atoms with Gasteiger partial charge in [-0.15, -0.1) is 11.3 Å². The van der Waals surface area contributed by atoms with Crippen LogP contribution in [-0.2, 0) is 4.74 Å². The third kappa shape index (κ3) is 5.35. The number of ether oxygens (including phenoxy) is 1. The van der Waals surface area contributed by atoms with Crippen molar-refractivity contribution in [2.75, 3.05) is 41.8 Å². The molecule has 2 atom stereocenters. The minimum atomic E-state index is -0.635. The maximum atomic E-state index is 12.8. The van der Waals surface area contributed by atoms with Crippen molar-refractivity contribution in [1.82, 2.24) is 9.36 Å². The number of aromatic nitrogens is 2. The molecule has 4 aromatic heterocycles. The predicted molar refractivity (Wildman–Crippen MR) is 154 cm³/mol. The Morgan fingerprint density at radius 2 is 1.97 bits per heavy atom. The van der Waals surface area contributed by atoms with Crippen LogP contribution in [-0.4, -0.2) is 53.7 Å². The van der Waals surface area contributed by atoms with E-state index in [4.69, 9.17) is 20.6 Å². The summed E-state index contributed by atoms with van der Waals surface area (Å²) in [6.45, 7) is 2.72. The van der Waals surface area contributed by atoms with Gasteiger partial charge in [0.2, 0.25) is 5.43 Å². The SMILES string of the molecule is NC(=O)c1ncc(N[C@H]2CCCC[C@H]2N)cc1Nc1cc(-c2coc3c(=O)cc(N4CCOCC4)sc23)ns1. The number of hydrogen-bond donors (Lipinski definition) is 4. The summed E-state index contributed by atoms with van der Waals surface area (Å²) in [6, 6.07) is 5.52. The lowest BCUT2D eigenvalue weighted by atomic mass is 9.91. The summed E-state index contributed by atoms with van der Waals surface area (Å²) in [5, 5.41) is 8.29. The molecule has 1 aliphatic carbocycles. The number of hydrogen-bond acceptors (Lipinski definition) is 12. The number of carbonyl (C=O) groups excluding carboxylic acids is 1. The molecule has 0 aromatic carbocycles. The van der Waals surface area contributed by atoms with Gasteiger partial charge in [0, 0.05) is 37.3 Å². The Labute approximate surface area is 232 Å². The smallest absolute Gasteiger partial charge is 0.269 e. The van der Waals surface area contributed by atoms with Gasteiger partial charge < -0.3 is 36.2 Å². The Bertz CT molecular complexity index is 1560. The van der Waals surface area contributed by atoms with Crippen LogP contribution in [0.3, 0.4) is 0 Å². The molecule has 11 nitrogen and oxygen atoms in total. The highest BCUT2D eigenvalue weighted by Gasteiger charge is 2.23. The quantitative estimate of drug-likeness (QED) is 0.259. The third-order valence-corrected chi connectivity index (χ3v) is 8.99. The number of morpholine rings is 1. The zero-order chi connectivity index (χ0) is 26.9. The number of carbonyl (C=O) groups is 1. The van der Waals surface area contributed by atoms with Crippen molar-refractivity contribution in [3.8, 4) is 11.3 Å². The fraction of sp³-hybridized carbons (Fsp3) is 0.385. The zero-order valence-corrected chi connectivity index (χ0v) is 22.8. The fourth-order valence-corrected chi connectivity index (χ4v) is 6.89. The van der Waals surface area contributed by atoms with E-state index in [1.807, 2.05) is 12.1 Å². The number of nitrogens with one attached hydrogen (secondary N) is 2. The zero-order valence-electron chi connectivity index (χ0n) is 21.1. The summed E-state index contributed by atoms with van der Waals surface area (Å²) in [5.41, 5.74) is 14.8. The molecule has 1 saturated heterocycles. The average molecular weight is 568 g/mol. The first-order chi connectivity index (χ1) is 19.0. The van der Waals surface area contributed by atoms with Gasteiger partial charge in [-0.3, -0.25) is 9.59 Å². The summed E-state index contributed by atoms with van der Waals surface area (Å²) in [6.07, 6.45) is 7.39. The van der Waals surface area contributed by atoms with Gasteiger partial charge >= 0.3 is 0 Å². The first kappa shape index (κ1) is 25.7. The van der Waals surface area contributed by atoms with Crippen LogP contribution < -0.4 is 32.4 Å². The highest BCUT2D eigenvalue weighted by Crippen LogP contribution is 2.38. The van der Waals surface area contributed by atoms with Crippen molar-refractivity contribution in [3.05, 3.63) is 46.6 Å². The van der Waals surface area contributed by atoms with Gasteiger partial charge in [0.15, 0.2) is 11.3 Å². The van der Waals surface area contributed by atoms with Gasteiger partial charge in [-0.05, 0) is 30.4 Å². The van der Waals surface area contributed by atoms with Gasteiger partial charge in [0.1, 0.15) is 11.3 Å². The molecule has 4 aromatic rings. The number of nitrogens with two attached hydrogens (primary N) is 2. The van der Waals surface area contributed by atoms with Crippen LogP contribution in [0.15, 0.2) is 39.9 Å². The van der Waals surface area contributed by atoms with E-state index >= 15 is 0 Å². The molecule has 5 heterocycles. The predicted octanol–water partition coefficient (Wildman–Crippen LogP) is 3.73. The molecule has 2 fully saturated rings. The minimum absolute atomic E-state index is 0.0688. The molecule has 13 heteroatoms. The fourth-order valence-electron chi connectivity index (χ4n) is 5.03. The summed E-state index contributed by atoms with van der Waals surface area (Å²) < 4.78 is 16.5. The van der Waals surface area contributed by atoms with Gasteiger partial charge in [-0.2, -0.15) is 4.37 Å². The molecular weight excluding hydrogens is 538 g/mol. The largest absolute Gasteiger partial charge is 0.459 e. The standard InChI is InChI=1S/C26H29N7O4S2/c27-16-3-1-2-4-17(16)30-14-9-19(23(26(28)35)29-12-14)31-21-10-18(32-39-21)15-13-37-24-20(34)11-22(38-25(15)24)33-5-7-36-8-6-33/h9-13,16-17,30-31H,1-8,27H2,(H2,28,35)/t16-,17+/m1/s1. The third-order valence-electron chi connectivity index (χ3n) is 7.09. The summed E-state index contributed by atoms with van der Waals surface area (Å²) in [4.78, 5) is 31.4. The van der Waals surface area contributed by atoms with E-state index in [-0.39, 0.29) is 23.2 Å². The second-order valence-electron chi connectivity index (χ2n) is 9.74. The van der Waals surface area contributed by atoms with Gasteiger partial charge in [-0.25, -0.2) is 4.98 Å². The van der Waals surface area contributed by atoms with E-state index in [1.165, 1.54) is 22.9 Å². The summed E-state index contributed by atoms with van der Waals surface area (Å²) in [5.74, 6) is -0.635. The molecule has 2 aliphatic rings.